The quantitative estimate of drug-likeness (QED) is 0.528. The molecule has 27 heavy (non-hydrogen) atoms. The maximum absolute atomic E-state index is 12.6. The molecule has 0 saturated carbocycles. The van der Waals surface area contributed by atoms with E-state index in [2.05, 4.69) is 22.4 Å². The minimum atomic E-state index is -0.457. The Morgan fingerprint density at radius 3 is 2.70 bits per heavy atom. The summed E-state index contributed by atoms with van der Waals surface area (Å²) < 4.78 is 1.37. The zero-order chi connectivity index (χ0) is 18.4. The van der Waals surface area contributed by atoms with Crippen molar-refractivity contribution in [1.82, 2.24) is 9.38 Å². The number of benzene rings is 2. The van der Waals surface area contributed by atoms with Crippen LogP contribution in [0.15, 0.2) is 77.9 Å². The first-order chi connectivity index (χ1) is 13.2. The van der Waals surface area contributed by atoms with Crippen LogP contribution in [-0.2, 0) is 6.42 Å². The van der Waals surface area contributed by atoms with Crippen LogP contribution >= 0.6 is 0 Å². The Morgan fingerprint density at radius 1 is 0.963 bits per heavy atom. The number of rotatable bonds is 2. The van der Waals surface area contributed by atoms with Crippen LogP contribution < -0.4 is 10.9 Å². The fraction of sp³-hybridized carbons (Fsp3) is 0.0455. The van der Waals surface area contributed by atoms with Gasteiger partial charge in [-0.1, -0.05) is 36.4 Å². The average molecular weight is 353 g/mol. The smallest absolute Gasteiger partial charge is 0.270 e. The molecule has 0 fully saturated rings. The summed E-state index contributed by atoms with van der Waals surface area (Å²) in [6, 6.07) is 19.4. The fourth-order valence-electron chi connectivity index (χ4n) is 3.60. The van der Waals surface area contributed by atoms with Gasteiger partial charge >= 0.3 is 0 Å². The van der Waals surface area contributed by atoms with Crippen molar-refractivity contribution in [3.63, 3.8) is 0 Å². The highest BCUT2D eigenvalue weighted by Gasteiger charge is 2.19. The van der Waals surface area contributed by atoms with Crippen LogP contribution in [0.3, 0.4) is 0 Å². The van der Waals surface area contributed by atoms with E-state index in [1.165, 1.54) is 32.9 Å². The lowest BCUT2D eigenvalue weighted by atomic mass is 10.1. The van der Waals surface area contributed by atoms with Gasteiger partial charge in [-0.25, -0.2) is 4.98 Å². The van der Waals surface area contributed by atoms with Gasteiger partial charge in [0.25, 0.3) is 11.5 Å². The molecule has 0 unspecified atom stereocenters. The second-order valence-electron chi connectivity index (χ2n) is 6.57. The highest BCUT2D eigenvalue weighted by atomic mass is 16.2. The number of carbonyl (C=O) groups is 1. The van der Waals surface area contributed by atoms with Crippen LogP contribution in [0.1, 0.15) is 21.5 Å². The molecule has 2 aromatic carbocycles. The Hall–Kier alpha value is -3.73. The molecule has 0 bridgehead atoms. The van der Waals surface area contributed by atoms with Crippen LogP contribution in [0.4, 0.5) is 5.69 Å². The Labute approximate surface area is 154 Å². The van der Waals surface area contributed by atoms with Crippen molar-refractivity contribution in [1.29, 1.82) is 0 Å². The number of amides is 1. The van der Waals surface area contributed by atoms with Crippen molar-refractivity contribution in [3.05, 3.63) is 100 Å². The number of carbonyl (C=O) groups excluding carboxylic acids is 1. The van der Waals surface area contributed by atoms with Crippen molar-refractivity contribution in [3.8, 4) is 11.1 Å². The van der Waals surface area contributed by atoms with Gasteiger partial charge in [0, 0.05) is 18.1 Å². The average Bonchev–Trinajstić information content (AvgIpc) is 3.06. The molecule has 2 heterocycles. The molecular weight excluding hydrogens is 338 g/mol. The summed E-state index contributed by atoms with van der Waals surface area (Å²) in [6.45, 7) is 0. The zero-order valence-corrected chi connectivity index (χ0v) is 14.3. The first-order valence-electron chi connectivity index (χ1n) is 8.70. The van der Waals surface area contributed by atoms with E-state index in [0.717, 1.165) is 6.42 Å². The summed E-state index contributed by atoms with van der Waals surface area (Å²) in [5.74, 6) is -0.457. The van der Waals surface area contributed by atoms with Gasteiger partial charge in [-0.05, 0) is 52.9 Å². The molecule has 1 N–H and O–H groups in total. The number of nitrogens with one attached hydrogen (secondary N) is 1. The maximum atomic E-state index is 12.6. The van der Waals surface area contributed by atoms with E-state index in [-0.39, 0.29) is 11.1 Å². The third-order valence-corrected chi connectivity index (χ3v) is 4.91. The third-order valence-electron chi connectivity index (χ3n) is 4.91. The summed E-state index contributed by atoms with van der Waals surface area (Å²) in [5, 5.41) is 2.83. The second-order valence-corrected chi connectivity index (χ2v) is 6.57. The minimum Gasteiger partial charge on any atom is -0.322 e. The Balaban J connectivity index is 1.47. The molecule has 0 atom stereocenters. The fourth-order valence-corrected chi connectivity index (χ4v) is 3.60. The van der Waals surface area contributed by atoms with Gasteiger partial charge in [0.15, 0.2) is 0 Å². The lowest BCUT2D eigenvalue weighted by molar-refractivity contribution is 0.102. The van der Waals surface area contributed by atoms with Gasteiger partial charge in [-0.2, -0.15) is 0 Å². The minimum absolute atomic E-state index is 0.0162. The van der Waals surface area contributed by atoms with Crippen molar-refractivity contribution in [2.45, 2.75) is 6.42 Å². The molecule has 4 aromatic rings. The number of anilines is 1. The molecule has 1 amide bonds. The van der Waals surface area contributed by atoms with Gasteiger partial charge < -0.3 is 5.32 Å². The van der Waals surface area contributed by atoms with Crippen LogP contribution in [-0.4, -0.2) is 15.3 Å². The van der Waals surface area contributed by atoms with Crippen LogP contribution in [0, 0.1) is 0 Å². The van der Waals surface area contributed by atoms with Crippen LogP contribution in [0.5, 0.6) is 0 Å². The molecule has 0 spiro atoms. The molecule has 1 aliphatic rings. The van der Waals surface area contributed by atoms with Crippen molar-refractivity contribution >= 4 is 17.2 Å². The van der Waals surface area contributed by atoms with E-state index in [9.17, 15) is 9.59 Å². The summed E-state index contributed by atoms with van der Waals surface area (Å²) in [7, 11) is 0. The number of hydrogen-bond donors (Lipinski definition) is 1. The molecule has 0 radical (unpaired) electrons. The number of nitrogens with zero attached hydrogens (tertiary/aromatic N) is 2. The van der Waals surface area contributed by atoms with Gasteiger partial charge in [0.05, 0.1) is 0 Å². The SMILES string of the molecule is O=C(Nc1ccc2c(c1)Cc1ccccc1-2)c1cnc2ccccn2c1=O. The summed E-state index contributed by atoms with van der Waals surface area (Å²) >= 11 is 0. The molecular formula is C22H15N3O2. The third kappa shape index (κ3) is 2.52. The van der Waals surface area contributed by atoms with E-state index < -0.39 is 5.91 Å². The molecule has 5 heteroatoms. The Bertz CT molecular complexity index is 1270. The maximum Gasteiger partial charge on any atom is 0.270 e. The normalized spacial score (nSPS) is 11.9. The topological polar surface area (TPSA) is 63.5 Å². The number of fused-ring (bicyclic) bond motifs is 4. The van der Waals surface area contributed by atoms with Crippen molar-refractivity contribution in [2.24, 2.45) is 0 Å². The first-order valence-corrected chi connectivity index (χ1v) is 8.70. The van der Waals surface area contributed by atoms with Crippen LogP contribution in [0.2, 0.25) is 0 Å². The van der Waals surface area contributed by atoms with Gasteiger partial charge in [0.2, 0.25) is 0 Å². The lowest BCUT2D eigenvalue weighted by Gasteiger charge is -2.08. The number of hydrogen-bond acceptors (Lipinski definition) is 3. The molecule has 2 aromatic heterocycles. The van der Waals surface area contributed by atoms with Gasteiger partial charge in [-0.3, -0.25) is 14.0 Å². The van der Waals surface area contributed by atoms with E-state index >= 15 is 0 Å². The number of aromatic nitrogens is 2. The summed E-state index contributed by atoms with van der Waals surface area (Å²) in [6.07, 6.45) is 3.78. The summed E-state index contributed by atoms with van der Waals surface area (Å²) in [5.41, 5.74) is 5.70. The van der Waals surface area contributed by atoms with E-state index in [1.807, 2.05) is 30.3 Å². The monoisotopic (exact) mass is 353 g/mol. The molecule has 0 saturated heterocycles. The molecule has 130 valence electrons. The van der Waals surface area contributed by atoms with Crippen LogP contribution in [0.25, 0.3) is 16.8 Å². The van der Waals surface area contributed by atoms with Gasteiger partial charge in [-0.15, -0.1) is 0 Å². The predicted molar refractivity (Wildman–Crippen MR) is 104 cm³/mol. The highest BCUT2D eigenvalue weighted by molar-refractivity contribution is 6.04. The van der Waals surface area contributed by atoms with Crippen molar-refractivity contribution in [2.75, 3.05) is 5.32 Å². The predicted octanol–water partition coefficient (Wildman–Crippen LogP) is 3.52. The standard InChI is InChI=1S/C22H15N3O2/c26-21(19-13-23-20-7-3-4-10-25(20)22(19)27)24-16-8-9-18-15(12-16)11-14-5-1-2-6-17(14)18/h1-10,12-13H,11H2,(H,24,26). The van der Waals surface area contributed by atoms with Crippen molar-refractivity contribution < 1.29 is 4.79 Å². The Morgan fingerprint density at radius 2 is 1.78 bits per heavy atom. The first kappa shape index (κ1) is 15.5. The lowest BCUT2D eigenvalue weighted by Crippen LogP contribution is -2.26. The second kappa shape index (κ2) is 5.92. The highest BCUT2D eigenvalue weighted by Crippen LogP contribution is 2.37. The summed E-state index contributed by atoms with van der Waals surface area (Å²) in [4.78, 5) is 29.4. The van der Waals surface area contributed by atoms with E-state index in [1.54, 1.807) is 24.4 Å². The zero-order valence-electron chi connectivity index (χ0n) is 14.3. The van der Waals surface area contributed by atoms with Gasteiger partial charge in [0.1, 0.15) is 11.2 Å². The molecule has 1 aliphatic carbocycles. The van der Waals surface area contributed by atoms with E-state index in [4.69, 9.17) is 0 Å². The number of pyridine rings is 1. The van der Waals surface area contributed by atoms with E-state index in [0.29, 0.717) is 11.3 Å². The largest absolute Gasteiger partial charge is 0.322 e. The Kier molecular flexibility index (Phi) is 3.40. The molecule has 5 rings (SSSR count). The molecule has 0 aliphatic heterocycles. The molecule has 5 nitrogen and oxygen atoms in total.